The molecule has 1 aromatic rings. The van der Waals surface area contributed by atoms with Crippen LogP contribution in [0.25, 0.3) is 0 Å². The van der Waals surface area contributed by atoms with Crippen molar-refractivity contribution in [3.63, 3.8) is 0 Å². The van der Waals surface area contributed by atoms with Gasteiger partial charge in [-0.3, -0.25) is 4.90 Å². The molecule has 0 spiro atoms. The molecule has 5 heteroatoms. The monoisotopic (exact) mass is 272 g/mol. The van der Waals surface area contributed by atoms with Crippen LogP contribution in [0.1, 0.15) is 17.5 Å². The first-order valence-corrected chi connectivity index (χ1v) is 6.52. The van der Waals surface area contributed by atoms with Gasteiger partial charge in [-0.2, -0.15) is 13.2 Å². The van der Waals surface area contributed by atoms with Crippen molar-refractivity contribution in [1.82, 2.24) is 10.2 Å². The van der Waals surface area contributed by atoms with Crippen molar-refractivity contribution in [2.45, 2.75) is 31.6 Å². The van der Waals surface area contributed by atoms with Crippen molar-refractivity contribution in [2.24, 2.45) is 0 Å². The number of nitrogens with zero attached hydrogens (tertiary/aromatic N) is 1. The van der Waals surface area contributed by atoms with Gasteiger partial charge in [0.2, 0.25) is 0 Å². The molecule has 0 aromatic heterocycles. The lowest BCUT2D eigenvalue weighted by Gasteiger charge is -2.37. The van der Waals surface area contributed by atoms with Crippen LogP contribution in [-0.4, -0.2) is 37.3 Å². The van der Waals surface area contributed by atoms with Crippen molar-refractivity contribution in [3.8, 4) is 0 Å². The van der Waals surface area contributed by atoms with Gasteiger partial charge in [0.1, 0.15) is 0 Å². The minimum absolute atomic E-state index is 0.0736. The number of halogens is 3. The Balaban J connectivity index is 2.08. The molecule has 1 heterocycles. The van der Waals surface area contributed by atoms with Crippen LogP contribution in [0.3, 0.4) is 0 Å². The summed E-state index contributed by atoms with van der Waals surface area (Å²) in [6.07, 6.45) is -4.01. The first-order chi connectivity index (χ1) is 8.99. The molecule has 1 atom stereocenters. The van der Waals surface area contributed by atoms with Gasteiger partial charge in [0.05, 0.1) is 6.42 Å². The summed E-state index contributed by atoms with van der Waals surface area (Å²) in [4.78, 5) is 1.94. The predicted octanol–water partition coefficient (Wildman–Crippen LogP) is 2.59. The van der Waals surface area contributed by atoms with Crippen LogP contribution in [0.15, 0.2) is 24.3 Å². The highest BCUT2D eigenvalue weighted by Gasteiger charge is 2.31. The minimum atomic E-state index is -4.08. The number of alkyl halides is 3. The summed E-state index contributed by atoms with van der Waals surface area (Å²) in [5.74, 6) is 0. The van der Waals surface area contributed by atoms with Crippen LogP contribution in [-0.2, 0) is 13.0 Å². The predicted molar refractivity (Wildman–Crippen MR) is 68.9 cm³/mol. The van der Waals surface area contributed by atoms with Crippen LogP contribution < -0.4 is 5.32 Å². The average molecular weight is 272 g/mol. The van der Waals surface area contributed by atoms with Gasteiger partial charge < -0.3 is 5.32 Å². The van der Waals surface area contributed by atoms with Gasteiger partial charge in [-0.25, -0.2) is 0 Å². The fraction of sp³-hybridized carbons (Fsp3) is 0.571. The first kappa shape index (κ1) is 14.3. The molecule has 2 nitrogen and oxygen atoms in total. The number of hydrogen-bond donors (Lipinski definition) is 1. The summed E-state index contributed by atoms with van der Waals surface area (Å²) in [6.45, 7) is 1.40. The molecule has 0 bridgehead atoms. The Bertz CT molecular complexity index is 417. The van der Waals surface area contributed by atoms with Crippen molar-refractivity contribution in [1.29, 1.82) is 0 Å². The molecule has 1 N–H and O–H groups in total. The molecule has 0 saturated heterocycles. The Morgan fingerprint density at radius 2 is 1.95 bits per heavy atom. The maximum atomic E-state index is 12.4. The quantitative estimate of drug-likeness (QED) is 0.906. The maximum absolute atomic E-state index is 12.4. The number of benzene rings is 1. The van der Waals surface area contributed by atoms with Gasteiger partial charge in [-0.05, 0) is 24.6 Å². The zero-order chi connectivity index (χ0) is 13.9. The summed E-state index contributed by atoms with van der Waals surface area (Å²) >= 11 is 0. The molecule has 1 aromatic carbocycles. The van der Waals surface area contributed by atoms with E-state index in [4.69, 9.17) is 0 Å². The zero-order valence-corrected chi connectivity index (χ0v) is 11.0. The smallest absolute Gasteiger partial charge is 0.318 e. The molecule has 0 saturated carbocycles. The Morgan fingerprint density at radius 3 is 2.58 bits per heavy atom. The number of likely N-dealkylation sites (N-methyl/N-ethyl adjacent to an activating group) is 1. The maximum Gasteiger partial charge on any atom is 0.390 e. The lowest BCUT2D eigenvalue weighted by atomic mass is 9.93. The molecule has 1 aliphatic heterocycles. The van der Waals surface area contributed by atoms with E-state index < -0.39 is 12.6 Å². The van der Waals surface area contributed by atoms with E-state index in [9.17, 15) is 13.2 Å². The van der Waals surface area contributed by atoms with Gasteiger partial charge in [-0.15, -0.1) is 0 Å². The fourth-order valence-electron chi connectivity index (χ4n) is 2.61. The third kappa shape index (κ3) is 3.94. The van der Waals surface area contributed by atoms with Crippen LogP contribution in [0, 0.1) is 0 Å². The van der Waals surface area contributed by atoms with Crippen molar-refractivity contribution in [3.05, 3.63) is 35.4 Å². The number of fused-ring (bicyclic) bond motifs is 1. The van der Waals surface area contributed by atoms with E-state index in [1.807, 2.05) is 30.1 Å². The summed E-state index contributed by atoms with van der Waals surface area (Å²) in [5, 5.41) is 3.07. The van der Waals surface area contributed by atoms with E-state index in [0.717, 1.165) is 12.0 Å². The average Bonchev–Trinajstić information content (AvgIpc) is 2.35. The number of rotatable bonds is 4. The molecule has 1 unspecified atom stereocenters. The molecular weight excluding hydrogens is 253 g/mol. The largest absolute Gasteiger partial charge is 0.390 e. The van der Waals surface area contributed by atoms with Crippen LogP contribution in [0.5, 0.6) is 0 Å². The molecule has 0 aliphatic carbocycles. The first-order valence-electron chi connectivity index (χ1n) is 6.52. The van der Waals surface area contributed by atoms with Gasteiger partial charge in [0.25, 0.3) is 0 Å². The highest BCUT2D eigenvalue weighted by atomic mass is 19.4. The molecule has 0 fully saturated rings. The van der Waals surface area contributed by atoms with E-state index >= 15 is 0 Å². The van der Waals surface area contributed by atoms with Gasteiger partial charge >= 0.3 is 6.18 Å². The lowest BCUT2D eigenvalue weighted by Crippen LogP contribution is -2.46. The van der Waals surface area contributed by atoms with Gasteiger partial charge in [-0.1, -0.05) is 24.3 Å². The third-order valence-electron chi connectivity index (χ3n) is 3.59. The highest BCUT2D eigenvalue weighted by molar-refractivity contribution is 5.30. The zero-order valence-electron chi connectivity index (χ0n) is 11.0. The minimum Gasteiger partial charge on any atom is -0.318 e. The molecule has 1 aliphatic rings. The normalized spacial score (nSPS) is 20.3. The van der Waals surface area contributed by atoms with E-state index in [2.05, 4.69) is 11.4 Å². The van der Waals surface area contributed by atoms with E-state index in [0.29, 0.717) is 13.1 Å². The highest BCUT2D eigenvalue weighted by Crippen LogP contribution is 2.26. The number of nitrogens with one attached hydrogen (secondary N) is 1. The Hall–Kier alpha value is -1.07. The van der Waals surface area contributed by atoms with E-state index in [1.165, 1.54) is 5.56 Å². The van der Waals surface area contributed by atoms with E-state index in [-0.39, 0.29) is 12.6 Å². The summed E-state index contributed by atoms with van der Waals surface area (Å²) < 4.78 is 37.1. The second-order valence-electron chi connectivity index (χ2n) is 5.02. The van der Waals surface area contributed by atoms with Crippen molar-refractivity contribution >= 4 is 0 Å². The second-order valence-corrected chi connectivity index (χ2v) is 5.02. The molecule has 0 amide bonds. The summed E-state index contributed by atoms with van der Waals surface area (Å²) in [6, 6.07) is 8.15. The fourth-order valence-corrected chi connectivity index (χ4v) is 2.61. The van der Waals surface area contributed by atoms with Crippen LogP contribution in [0.2, 0.25) is 0 Å². The second kappa shape index (κ2) is 5.92. The standard InChI is InChI=1S/C14H19F3N2/c1-18-9-13-8-11-4-2-3-5-12(11)10-19(13)7-6-14(15,16)17/h2-5,13,18H,6-10H2,1H3. The summed E-state index contributed by atoms with van der Waals surface area (Å²) in [5.41, 5.74) is 2.41. The number of hydrogen-bond acceptors (Lipinski definition) is 2. The molecule has 106 valence electrons. The Labute approximate surface area is 111 Å². The third-order valence-corrected chi connectivity index (χ3v) is 3.59. The molecular formula is C14H19F3N2. The molecule has 0 radical (unpaired) electrons. The van der Waals surface area contributed by atoms with Crippen molar-refractivity contribution < 1.29 is 13.2 Å². The van der Waals surface area contributed by atoms with Crippen LogP contribution in [0.4, 0.5) is 13.2 Å². The molecule has 19 heavy (non-hydrogen) atoms. The topological polar surface area (TPSA) is 15.3 Å². The SMILES string of the molecule is CNCC1Cc2ccccc2CN1CCC(F)(F)F. The Morgan fingerprint density at radius 1 is 1.26 bits per heavy atom. The van der Waals surface area contributed by atoms with E-state index in [1.54, 1.807) is 0 Å². The molecule has 2 rings (SSSR count). The van der Waals surface area contributed by atoms with Gasteiger partial charge in [0, 0.05) is 25.7 Å². The van der Waals surface area contributed by atoms with Crippen molar-refractivity contribution in [2.75, 3.05) is 20.1 Å². The van der Waals surface area contributed by atoms with Crippen LogP contribution >= 0.6 is 0 Å². The Kier molecular flexibility index (Phi) is 4.47. The van der Waals surface area contributed by atoms with Gasteiger partial charge in [0.15, 0.2) is 0 Å². The lowest BCUT2D eigenvalue weighted by molar-refractivity contribution is -0.139. The summed E-state index contributed by atoms with van der Waals surface area (Å²) in [7, 11) is 1.84.